The summed E-state index contributed by atoms with van der Waals surface area (Å²) in [6.45, 7) is 9.49. The molecule has 0 unspecified atom stereocenters. The van der Waals surface area contributed by atoms with Gasteiger partial charge in [-0.25, -0.2) is 9.98 Å². The molecule has 0 saturated heterocycles. The largest absolute Gasteiger partial charge is 0.475 e. The number of ether oxygens (including phenoxy) is 2. The number of benzene rings is 5. The van der Waals surface area contributed by atoms with Crippen molar-refractivity contribution in [3.63, 3.8) is 0 Å². The van der Waals surface area contributed by atoms with E-state index in [2.05, 4.69) is 147 Å². The van der Waals surface area contributed by atoms with Crippen LogP contribution in [0.25, 0.3) is 55.3 Å². The first-order chi connectivity index (χ1) is 26.7. The van der Waals surface area contributed by atoms with Crippen LogP contribution >= 0.6 is 0 Å². The standard InChI is InChI=1S/C49H38N4O2/c1-47(2)27-54-45(52-47)34-20-32(23-50-25-34)29-13-16-36-31(19-29)15-18-40-39-17-14-30(33-21-35(26-51-24-33)46-53-48(3,4)28-55-46)22-43(39)49(44(36)40)41-11-7-5-9-37(41)38-10-6-8-12-42(38)49/h5-26H,27-28H2,1-4H3. The van der Waals surface area contributed by atoms with Gasteiger partial charge in [-0.15, -0.1) is 0 Å². The first kappa shape index (κ1) is 32.1. The van der Waals surface area contributed by atoms with E-state index >= 15 is 0 Å². The van der Waals surface area contributed by atoms with Crippen LogP contribution in [0.3, 0.4) is 0 Å². The van der Waals surface area contributed by atoms with E-state index in [0.29, 0.717) is 25.0 Å². The van der Waals surface area contributed by atoms with E-state index in [-0.39, 0.29) is 11.1 Å². The van der Waals surface area contributed by atoms with Gasteiger partial charge in [0.1, 0.15) is 13.2 Å². The second-order valence-electron chi connectivity index (χ2n) is 16.5. The zero-order chi connectivity index (χ0) is 37.1. The Hall–Kier alpha value is -6.40. The van der Waals surface area contributed by atoms with Crippen molar-refractivity contribution in [2.24, 2.45) is 9.98 Å². The highest BCUT2D eigenvalue weighted by Gasteiger charge is 2.52. The molecule has 2 aliphatic carbocycles. The van der Waals surface area contributed by atoms with Crippen LogP contribution in [0, 0.1) is 0 Å². The van der Waals surface area contributed by atoms with E-state index in [4.69, 9.17) is 19.5 Å². The minimum Gasteiger partial charge on any atom is -0.475 e. The van der Waals surface area contributed by atoms with Crippen LogP contribution in [0.15, 0.2) is 144 Å². The summed E-state index contributed by atoms with van der Waals surface area (Å²) >= 11 is 0. The summed E-state index contributed by atoms with van der Waals surface area (Å²) in [5.74, 6) is 1.31. The Kier molecular flexibility index (Phi) is 6.59. The van der Waals surface area contributed by atoms with Crippen LogP contribution in [-0.4, -0.2) is 46.1 Å². The fourth-order valence-electron chi connectivity index (χ4n) is 9.23. The number of fused-ring (bicyclic) bond motifs is 12. The number of nitrogens with zero attached hydrogens (tertiary/aromatic N) is 4. The predicted octanol–water partition coefficient (Wildman–Crippen LogP) is 10.4. The average molecular weight is 715 g/mol. The predicted molar refractivity (Wildman–Crippen MR) is 220 cm³/mol. The Morgan fingerprint density at radius 1 is 0.455 bits per heavy atom. The number of hydrogen-bond acceptors (Lipinski definition) is 6. The fourth-order valence-corrected chi connectivity index (χ4v) is 9.23. The summed E-state index contributed by atoms with van der Waals surface area (Å²) in [5, 5.41) is 2.42. The molecule has 2 aromatic heterocycles. The molecule has 0 radical (unpaired) electrons. The maximum absolute atomic E-state index is 6.03. The van der Waals surface area contributed by atoms with E-state index < -0.39 is 5.41 Å². The summed E-state index contributed by atoms with van der Waals surface area (Å²) in [6.07, 6.45) is 7.56. The monoisotopic (exact) mass is 714 g/mol. The molecule has 0 fully saturated rings. The van der Waals surface area contributed by atoms with Gasteiger partial charge in [0, 0.05) is 35.9 Å². The first-order valence-electron chi connectivity index (χ1n) is 19.0. The third-order valence-corrected chi connectivity index (χ3v) is 11.6. The van der Waals surface area contributed by atoms with Crippen molar-refractivity contribution >= 4 is 22.6 Å². The van der Waals surface area contributed by atoms with Gasteiger partial charge >= 0.3 is 0 Å². The molecule has 0 atom stereocenters. The van der Waals surface area contributed by atoms with Crippen molar-refractivity contribution in [3.05, 3.63) is 167 Å². The zero-order valence-electron chi connectivity index (χ0n) is 31.2. The molecule has 4 aliphatic rings. The van der Waals surface area contributed by atoms with Crippen molar-refractivity contribution in [2.45, 2.75) is 44.2 Å². The van der Waals surface area contributed by atoms with E-state index in [1.165, 1.54) is 55.3 Å². The maximum atomic E-state index is 6.03. The summed E-state index contributed by atoms with van der Waals surface area (Å²) in [4.78, 5) is 18.9. The van der Waals surface area contributed by atoms with Crippen LogP contribution in [0.4, 0.5) is 0 Å². The van der Waals surface area contributed by atoms with Crippen LogP contribution in [0.2, 0.25) is 0 Å². The normalized spacial score (nSPS) is 17.5. The zero-order valence-corrected chi connectivity index (χ0v) is 31.2. The molecule has 2 aliphatic heterocycles. The van der Waals surface area contributed by atoms with Gasteiger partial charge in [0.05, 0.1) is 27.6 Å². The summed E-state index contributed by atoms with van der Waals surface area (Å²) in [6, 6.07) is 40.7. The van der Waals surface area contributed by atoms with Gasteiger partial charge in [-0.05, 0) is 118 Å². The second kappa shape index (κ2) is 11.3. The van der Waals surface area contributed by atoms with Crippen LogP contribution in [0.1, 0.15) is 61.1 Å². The number of pyridine rings is 2. The molecule has 0 bridgehead atoms. The van der Waals surface area contributed by atoms with Crippen molar-refractivity contribution in [1.29, 1.82) is 0 Å². The molecule has 55 heavy (non-hydrogen) atoms. The molecular formula is C49H38N4O2. The highest BCUT2D eigenvalue weighted by Crippen LogP contribution is 2.64. The third-order valence-electron chi connectivity index (χ3n) is 11.6. The molecule has 6 nitrogen and oxygen atoms in total. The first-order valence-corrected chi connectivity index (χ1v) is 19.0. The smallest absolute Gasteiger partial charge is 0.218 e. The SMILES string of the molecule is CC1(C)COC(c2cncc(-c3ccc4c(c3)C3(c5ccccc5-c5ccccc53)c3c-4ccc4cc(-c5cncc(C6=NC(C)(C)CO6)c5)ccc34)c2)=N1. The number of rotatable bonds is 4. The van der Waals surface area contributed by atoms with E-state index in [0.717, 1.165) is 33.4 Å². The van der Waals surface area contributed by atoms with Gasteiger partial charge in [-0.3, -0.25) is 9.97 Å². The van der Waals surface area contributed by atoms with Gasteiger partial charge in [0.25, 0.3) is 0 Å². The quantitative estimate of drug-likeness (QED) is 0.182. The third kappa shape index (κ3) is 4.73. The number of aromatic nitrogens is 2. The molecule has 0 amide bonds. The molecule has 0 N–H and O–H groups in total. The lowest BCUT2D eigenvalue weighted by Crippen LogP contribution is -2.26. The Bertz CT molecular complexity index is 2800. The van der Waals surface area contributed by atoms with Gasteiger partial charge in [0.2, 0.25) is 11.8 Å². The van der Waals surface area contributed by atoms with Crippen LogP contribution in [-0.2, 0) is 14.9 Å². The van der Waals surface area contributed by atoms with Gasteiger partial charge in [-0.2, -0.15) is 0 Å². The van der Waals surface area contributed by atoms with Gasteiger partial charge in [0.15, 0.2) is 0 Å². The van der Waals surface area contributed by atoms with Crippen LogP contribution < -0.4 is 0 Å². The molecule has 1 spiro atoms. The van der Waals surface area contributed by atoms with Crippen LogP contribution in [0.5, 0.6) is 0 Å². The molecule has 6 heteroatoms. The Morgan fingerprint density at radius 3 is 1.55 bits per heavy atom. The van der Waals surface area contributed by atoms with Gasteiger partial charge < -0.3 is 9.47 Å². The molecule has 7 aromatic rings. The Labute approximate surface area is 320 Å². The van der Waals surface area contributed by atoms with E-state index in [1.54, 1.807) is 0 Å². The van der Waals surface area contributed by atoms with E-state index in [1.807, 2.05) is 24.8 Å². The molecular weight excluding hydrogens is 677 g/mol. The maximum Gasteiger partial charge on any atom is 0.218 e. The van der Waals surface area contributed by atoms with Crippen molar-refractivity contribution in [3.8, 4) is 44.5 Å². The average Bonchev–Trinajstić information content (AvgIpc) is 3.94. The summed E-state index contributed by atoms with van der Waals surface area (Å²) in [5.41, 5.74) is 15.4. The highest BCUT2D eigenvalue weighted by molar-refractivity contribution is 6.05. The second-order valence-corrected chi connectivity index (χ2v) is 16.5. The minimum atomic E-state index is -0.519. The van der Waals surface area contributed by atoms with Crippen molar-refractivity contribution in [1.82, 2.24) is 9.97 Å². The molecule has 0 saturated carbocycles. The Morgan fingerprint density at radius 2 is 0.964 bits per heavy atom. The lowest BCUT2D eigenvalue weighted by atomic mass is 9.69. The molecule has 11 rings (SSSR count). The molecule has 266 valence electrons. The van der Waals surface area contributed by atoms with Crippen molar-refractivity contribution < 1.29 is 9.47 Å². The fraction of sp³-hybridized carbons (Fsp3) is 0.184. The van der Waals surface area contributed by atoms with E-state index in [9.17, 15) is 0 Å². The topological polar surface area (TPSA) is 69.0 Å². The number of hydrogen-bond donors (Lipinski definition) is 0. The molecule has 4 heterocycles. The highest BCUT2D eigenvalue weighted by atomic mass is 16.5. The summed E-state index contributed by atoms with van der Waals surface area (Å²) < 4.78 is 12.0. The summed E-state index contributed by atoms with van der Waals surface area (Å²) in [7, 11) is 0. The van der Waals surface area contributed by atoms with Gasteiger partial charge in [-0.1, -0.05) is 84.9 Å². The lowest BCUT2D eigenvalue weighted by molar-refractivity contribution is 0.279. The number of aliphatic imine (C=N–C) groups is 2. The lowest BCUT2D eigenvalue weighted by Gasteiger charge is -2.31. The Balaban J connectivity index is 1.11. The minimum absolute atomic E-state index is 0.238. The van der Waals surface area contributed by atoms with Crippen molar-refractivity contribution in [2.75, 3.05) is 13.2 Å². The molecule has 5 aromatic carbocycles.